The standard InChI is InChI=1S/C22H19ClN4O4S/c1-26(2)32(29,30)18-6-3-5-16(13-18)24-22(28)19-14-20(21-7-4-12-31-21)27(25-19)17-10-8-15(23)9-11-17/h3-14H,1-2H3,(H,24,28). The van der Waals surface area contributed by atoms with Crippen LogP contribution in [0.3, 0.4) is 0 Å². The topological polar surface area (TPSA) is 97.4 Å². The lowest BCUT2D eigenvalue weighted by molar-refractivity contribution is 0.102. The fourth-order valence-corrected chi connectivity index (χ4v) is 4.09. The average molecular weight is 471 g/mol. The van der Waals surface area contributed by atoms with Gasteiger partial charge in [-0.05, 0) is 54.6 Å². The molecule has 32 heavy (non-hydrogen) atoms. The molecule has 0 bridgehead atoms. The van der Waals surface area contributed by atoms with Crippen molar-refractivity contribution in [3.63, 3.8) is 0 Å². The molecule has 0 aliphatic rings. The maximum atomic E-state index is 12.9. The molecule has 4 rings (SSSR count). The van der Waals surface area contributed by atoms with Crippen LogP contribution in [0, 0.1) is 0 Å². The summed E-state index contributed by atoms with van der Waals surface area (Å²) in [6.45, 7) is 0. The van der Waals surface area contributed by atoms with Gasteiger partial charge in [0.2, 0.25) is 10.0 Å². The molecule has 2 aromatic carbocycles. The summed E-state index contributed by atoms with van der Waals surface area (Å²) in [5, 5.41) is 7.72. The Morgan fingerprint density at radius 2 is 1.81 bits per heavy atom. The number of carbonyl (C=O) groups is 1. The van der Waals surface area contributed by atoms with Crippen LogP contribution in [0.5, 0.6) is 0 Å². The van der Waals surface area contributed by atoms with Gasteiger partial charge in [0, 0.05) is 30.9 Å². The molecule has 4 aromatic rings. The van der Waals surface area contributed by atoms with Crippen molar-refractivity contribution in [2.24, 2.45) is 0 Å². The van der Waals surface area contributed by atoms with Crippen LogP contribution >= 0.6 is 11.6 Å². The van der Waals surface area contributed by atoms with Crippen LogP contribution in [0.25, 0.3) is 17.1 Å². The molecule has 0 atom stereocenters. The lowest BCUT2D eigenvalue weighted by Gasteiger charge is -2.12. The molecule has 1 N–H and O–H groups in total. The van der Waals surface area contributed by atoms with Gasteiger partial charge in [-0.1, -0.05) is 17.7 Å². The maximum absolute atomic E-state index is 12.9. The summed E-state index contributed by atoms with van der Waals surface area (Å²) in [5.74, 6) is 0.0375. The molecule has 164 valence electrons. The fourth-order valence-electron chi connectivity index (χ4n) is 3.01. The lowest BCUT2D eigenvalue weighted by atomic mass is 10.2. The smallest absolute Gasteiger partial charge is 0.276 e. The first kappa shape index (κ1) is 21.8. The van der Waals surface area contributed by atoms with E-state index >= 15 is 0 Å². The van der Waals surface area contributed by atoms with Gasteiger partial charge in [-0.15, -0.1) is 0 Å². The number of sulfonamides is 1. The van der Waals surface area contributed by atoms with Crippen molar-refractivity contribution < 1.29 is 17.6 Å². The number of aromatic nitrogens is 2. The van der Waals surface area contributed by atoms with Crippen molar-refractivity contribution in [3.05, 3.63) is 83.7 Å². The number of nitrogens with zero attached hydrogens (tertiary/aromatic N) is 3. The van der Waals surface area contributed by atoms with Crippen LogP contribution in [0.4, 0.5) is 5.69 Å². The monoisotopic (exact) mass is 470 g/mol. The van der Waals surface area contributed by atoms with E-state index in [1.54, 1.807) is 59.3 Å². The van der Waals surface area contributed by atoms with Gasteiger partial charge in [0.05, 0.1) is 16.8 Å². The average Bonchev–Trinajstić information content (AvgIpc) is 3.44. The quantitative estimate of drug-likeness (QED) is 0.453. The summed E-state index contributed by atoms with van der Waals surface area (Å²) >= 11 is 5.99. The molecule has 0 saturated heterocycles. The normalized spacial score (nSPS) is 11.6. The first-order valence-electron chi connectivity index (χ1n) is 9.49. The number of rotatable bonds is 6. The Labute approximate surface area is 190 Å². The number of carbonyl (C=O) groups excluding carboxylic acids is 1. The second-order valence-electron chi connectivity index (χ2n) is 7.05. The summed E-state index contributed by atoms with van der Waals surface area (Å²) in [4.78, 5) is 13.0. The second-order valence-corrected chi connectivity index (χ2v) is 9.64. The summed E-state index contributed by atoms with van der Waals surface area (Å²) in [6, 6.07) is 18.1. The largest absolute Gasteiger partial charge is 0.463 e. The van der Waals surface area contributed by atoms with E-state index in [1.165, 1.54) is 32.5 Å². The number of anilines is 1. The van der Waals surface area contributed by atoms with Gasteiger partial charge in [-0.2, -0.15) is 5.10 Å². The van der Waals surface area contributed by atoms with Gasteiger partial charge in [0.25, 0.3) is 5.91 Å². The zero-order chi connectivity index (χ0) is 22.9. The second kappa shape index (κ2) is 8.62. The first-order chi connectivity index (χ1) is 15.3. The number of hydrogen-bond acceptors (Lipinski definition) is 5. The van der Waals surface area contributed by atoms with Crippen LogP contribution in [-0.2, 0) is 10.0 Å². The Bertz CT molecular complexity index is 1360. The molecule has 0 aliphatic heterocycles. The summed E-state index contributed by atoms with van der Waals surface area (Å²) in [7, 11) is -0.743. The van der Waals surface area contributed by atoms with Gasteiger partial charge in [-0.25, -0.2) is 17.4 Å². The molecular formula is C22H19ClN4O4S. The van der Waals surface area contributed by atoms with Crippen LogP contribution < -0.4 is 5.32 Å². The van der Waals surface area contributed by atoms with Crippen LogP contribution in [-0.4, -0.2) is 42.5 Å². The minimum absolute atomic E-state index is 0.0725. The van der Waals surface area contributed by atoms with Crippen molar-refractivity contribution >= 4 is 33.2 Å². The molecule has 0 aliphatic carbocycles. The third-order valence-electron chi connectivity index (χ3n) is 4.66. The zero-order valence-corrected chi connectivity index (χ0v) is 18.8. The Morgan fingerprint density at radius 1 is 1.06 bits per heavy atom. The minimum atomic E-state index is -3.63. The Hall–Kier alpha value is -3.40. The number of nitrogens with one attached hydrogen (secondary N) is 1. The predicted molar refractivity (Wildman–Crippen MR) is 122 cm³/mol. The molecule has 2 aromatic heterocycles. The Kier molecular flexibility index (Phi) is 5.88. The minimum Gasteiger partial charge on any atom is -0.463 e. The van der Waals surface area contributed by atoms with Crippen molar-refractivity contribution in [2.75, 3.05) is 19.4 Å². The highest BCUT2D eigenvalue weighted by atomic mass is 35.5. The van der Waals surface area contributed by atoms with E-state index in [2.05, 4.69) is 10.4 Å². The summed E-state index contributed by atoms with van der Waals surface area (Å²) < 4.78 is 32.9. The van der Waals surface area contributed by atoms with Gasteiger partial charge in [0.1, 0.15) is 5.69 Å². The highest BCUT2D eigenvalue weighted by Gasteiger charge is 2.20. The van der Waals surface area contributed by atoms with Crippen molar-refractivity contribution in [1.82, 2.24) is 14.1 Å². The number of hydrogen-bond donors (Lipinski definition) is 1. The van der Waals surface area contributed by atoms with Crippen molar-refractivity contribution in [2.45, 2.75) is 4.90 Å². The molecular weight excluding hydrogens is 452 g/mol. The Balaban J connectivity index is 1.68. The summed E-state index contributed by atoms with van der Waals surface area (Å²) in [6.07, 6.45) is 1.53. The SMILES string of the molecule is CN(C)S(=O)(=O)c1cccc(NC(=O)c2cc(-c3ccco3)n(-c3ccc(Cl)cc3)n2)c1. The van der Waals surface area contributed by atoms with Gasteiger partial charge in [0.15, 0.2) is 11.5 Å². The van der Waals surface area contributed by atoms with Crippen LogP contribution in [0.2, 0.25) is 5.02 Å². The highest BCUT2D eigenvalue weighted by molar-refractivity contribution is 7.89. The van der Waals surface area contributed by atoms with Crippen molar-refractivity contribution in [1.29, 1.82) is 0 Å². The van der Waals surface area contributed by atoms with Gasteiger partial charge >= 0.3 is 0 Å². The molecule has 0 spiro atoms. The van der Waals surface area contributed by atoms with Crippen LogP contribution in [0.1, 0.15) is 10.5 Å². The lowest BCUT2D eigenvalue weighted by Crippen LogP contribution is -2.22. The molecule has 1 amide bonds. The van der Waals surface area contributed by atoms with E-state index in [-0.39, 0.29) is 10.6 Å². The molecule has 8 nitrogen and oxygen atoms in total. The van der Waals surface area contributed by atoms with Gasteiger partial charge < -0.3 is 9.73 Å². The number of halogens is 1. The van der Waals surface area contributed by atoms with E-state index in [0.717, 1.165) is 4.31 Å². The number of furan rings is 1. The zero-order valence-electron chi connectivity index (χ0n) is 17.2. The maximum Gasteiger partial charge on any atom is 0.276 e. The molecule has 0 saturated carbocycles. The molecule has 0 radical (unpaired) electrons. The first-order valence-corrected chi connectivity index (χ1v) is 11.3. The third-order valence-corrected chi connectivity index (χ3v) is 6.72. The fraction of sp³-hybridized carbons (Fsp3) is 0.0909. The highest BCUT2D eigenvalue weighted by Crippen LogP contribution is 2.26. The van der Waals surface area contributed by atoms with E-state index in [1.807, 2.05) is 0 Å². The van der Waals surface area contributed by atoms with E-state index in [0.29, 0.717) is 27.9 Å². The molecule has 10 heteroatoms. The third kappa shape index (κ3) is 4.31. The summed E-state index contributed by atoms with van der Waals surface area (Å²) in [5.41, 5.74) is 1.73. The predicted octanol–water partition coefficient (Wildman–Crippen LogP) is 4.29. The number of amides is 1. The molecule has 2 heterocycles. The van der Waals surface area contributed by atoms with E-state index in [4.69, 9.17) is 16.0 Å². The van der Waals surface area contributed by atoms with Crippen molar-refractivity contribution in [3.8, 4) is 17.1 Å². The van der Waals surface area contributed by atoms with Gasteiger partial charge in [-0.3, -0.25) is 4.79 Å². The Morgan fingerprint density at radius 3 is 2.47 bits per heavy atom. The molecule has 0 fully saturated rings. The molecule has 0 unspecified atom stereocenters. The van der Waals surface area contributed by atoms with Crippen LogP contribution in [0.15, 0.2) is 82.3 Å². The van der Waals surface area contributed by atoms with E-state index in [9.17, 15) is 13.2 Å². The number of benzene rings is 2. The van der Waals surface area contributed by atoms with E-state index < -0.39 is 15.9 Å².